The Morgan fingerprint density at radius 2 is 1.80 bits per heavy atom. The van der Waals surface area contributed by atoms with E-state index in [1.54, 1.807) is 18.9 Å². The molecule has 2 heterocycles. The third-order valence-corrected chi connectivity index (χ3v) is 5.57. The summed E-state index contributed by atoms with van der Waals surface area (Å²) < 4.78 is 9.45. The predicted octanol–water partition coefficient (Wildman–Crippen LogP) is 3.94. The smallest absolute Gasteiger partial charge is 0.196 e. The second-order valence-electron chi connectivity index (χ2n) is 6.78. The van der Waals surface area contributed by atoms with Crippen molar-refractivity contribution in [1.29, 1.82) is 0 Å². The predicted molar refractivity (Wildman–Crippen MR) is 116 cm³/mol. The maximum atomic E-state index is 5.56. The molecule has 0 radical (unpaired) electrons. The molecule has 0 amide bonds. The van der Waals surface area contributed by atoms with Gasteiger partial charge in [-0.15, -0.1) is 15.3 Å². The van der Waals surface area contributed by atoms with Gasteiger partial charge in [0.25, 0.3) is 0 Å². The van der Waals surface area contributed by atoms with E-state index in [1.165, 1.54) is 5.56 Å². The first kappa shape index (κ1) is 20.1. The summed E-state index contributed by atoms with van der Waals surface area (Å²) in [5.74, 6) is 2.90. The third kappa shape index (κ3) is 4.06. The molecule has 0 unspecified atom stereocenters. The topological polar surface area (TPSA) is 83.5 Å². The summed E-state index contributed by atoms with van der Waals surface area (Å²) in [7, 11) is 1.66. The standard InChI is InChI=1S/C21H23N7OS/c1-4-13-27-19(22-25-26-27)14-30-21-24-23-20(17-7-5-6-8-18(17)29-3)28(21)16-11-9-15(2)10-12-16/h5-12H,4,13-14H2,1-3H3. The number of para-hydroxylation sites is 1. The van der Waals surface area contributed by atoms with Gasteiger partial charge in [0, 0.05) is 12.2 Å². The van der Waals surface area contributed by atoms with Crippen LogP contribution in [0.1, 0.15) is 24.7 Å². The number of benzene rings is 2. The number of methoxy groups -OCH3 is 1. The van der Waals surface area contributed by atoms with Crippen LogP contribution >= 0.6 is 11.8 Å². The van der Waals surface area contributed by atoms with E-state index in [4.69, 9.17) is 4.74 Å². The maximum absolute atomic E-state index is 5.56. The molecule has 0 bridgehead atoms. The van der Waals surface area contributed by atoms with Crippen LogP contribution in [0.4, 0.5) is 0 Å². The minimum atomic E-state index is 0.600. The molecular formula is C21H23N7OS. The minimum absolute atomic E-state index is 0.600. The molecule has 0 aliphatic rings. The fraction of sp³-hybridized carbons (Fsp3) is 0.286. The molecule has 154 valence electrons. The number of tetrazole rings is 1. The Labute approximate surface area is 179 Å². The van der Waals surface area contributed by atoms with Crippen molar-refractivity contribution >= 4 is 11.8 Å². The van der Waals surface area contributed by atoms with Gasteiger partial charge in [-0.25, -0.2) is 4.68 Å². The monoisotopic (exact) mass is 421 g/mol. The minimum Gasteiger partial charge on any atom is -0.496 e. The summed E-state index contributed by atoms with van der Waals surface area (Å²) in [6.45, 7) is 4.96. The van der Waals surface area contributed by atoms with E-state index in [9.17, 15) is 0 Å². The lowest BCUT2D eigenvalue weighted by molar-refractivity contribution is 0.416. The number of hydrogen-bond donors (Lipinski definition) is 0. The summed E-state index contributed by atoms with van der Waals surface area (Å²) in [5.41, 5.74) is 3.07. The van der Waals surface area contributed by atoms with Gasteiger partial charge in [0.2, 0.25) is 0 Å². The molecule has 2 aromatic heterocycles. The SMILES string of the molecule is CCCn1nnnc1CSc1nnc(-c2ccccc2OC)n1-c1ccc(C)cc1. The summed E-state index contributed by atoms with van der Waals surface area (Å²) in [5, 5.41) is 21.8. The van der Waals surface area contributed by atoms with Crippen LogP contribution in [-0.2, 0) is 12.3 Å². The van der Waals surface area contributed by atoms with E-state index in [-0.39, 0.29) is 0 Å². The highest BCUT2D eigenvalue weighted by Gasteiger charge is 2.19. The number of thioether (sulfide) groups is 1. The molecule has 0 N–H and O–H groups in total. The van der Waals surface area contributed by atoms with Crippen LogP contribution in [0.15, 0.2) is 53.7 Å². The number of aromatic nitrogens is 7. The molecule has 2 aromatic carbocycles. The normalized spacial score (nSPS) is 11.0. The average molecular weight is 422 g/mol. The summed E-state index contributed by atoms with van der Waals surface area (Å²) >= 11 is 1.56. The van der Waals surface area contributed by atoms with Gasteiger partial charge in [-0.05, 0) is 48.0 Å². The highest BCUT2D eigenvalue weighted by molar-refractivity contribution is 7.98. The molecular weight excluding hydrogens is 398 g/mol. The van der Waals surface area contributed by atoms with Crippen LogP contribution in [0.5, 0.6) is 5.75 Å². The van der Waals surface area contributed by atoms with Crippen molar-refractivity contribution in [2.75, 3.05) is 7.11 Å². The van der Waals surface area contributed by atoms with Gasteiger partial charge in [0.05, 0.1) is 18.4 Å². The highest BCUT2D eigenvalue weighted by Crippen LogP contribution is 2.33. The lowest BCUT2D eigenvalue weighted by Crippen LogP contribution is -2.05. The second kappa shape index (κ2) is 9.08. The Morgan fingerprint density at radius 1 is 1.00 bits per heavy atom. The Balaban J connectivity index is 1.74. The molecule has 0 saturated heterocycles. The number of ether oxygens (including phenoxy) is 1. The van der Waals surface area contributed by atoms with E-state index >= 15 is 0 Å². The third-order valence-electron chi connectivity index (χ3n) is 4.65. The molecule has 0 fully saturated rings. The van der Waals surface area contributed by atoms with Gasteiger partial charge >= 0.3 is 0 Å². The van der Waals surface area contributed by atoms with Crippen molar-refractivity contribution in [3.05, 3.63) is 59.9 Å². The fourth-order valence-corrected chi connectivity index (χ4v) is 4.02. The first-order valence-electron chi connectivity index (χ1n) is 9.75. The van der Waals surface area contributed by atoms with Gasteiger partial charge in [0.1, 0.15) is 5.75 Å². The number of nitrogens with zero attached hydrogens (tertiary/aromatic N) is 7. The Morgan fingerprint density at radius 3 is 2.57 bits per heavy atom. The Bertz CT molecular complexity index is 1120. The van der Waals surface area contributed by atoms with Crippen LogP contribution in [0.25, 0.3) is 17.1 Å². The van der Waals surface area contributed by atoms with E-state index < -0.39 is 0 Å². The molecule has 0 saturated carbocycles. The van der Waals surface area contributed by atoms with E-state index in [0.29, 0.717) is 5.75 Å². The molecule has 0 spiro atoms. The zero-order chi connectivity index (χ0) is 20.9. The lowest BCUT2D eigenvalue weighted by Gasteiger charge is -2.12. The van der Waals surface area contributed by atoms with Gasteiger partial charge in [-0.1, -0.05) is 48.5 Å². The maximum Gasteiger partial charge on any atom is 0.196 e. The first-order valence-corrected chi connectivity index (χ1v) is 10.7. The van der Waals surface area contributed by atoms with Crippen molar-refractivity contribution in [2.24, 2.45) is 0 Å². The quantitative estimate of drug-likeness (QED) is 0.398. The molecule has 30 heavy (non-hydrogen) atoms. The Hall–Kier alpha value is -3.20. The van der Waals surface area contributed by atoms with Crippen LogP contribution in [0.3, 0.4) is 0 Å². The molecule has 0 aliphatic carbocycles. The van der Waals surface area contributed by atoms with Crippen LogP contribution in [0.2, 0.25) is 0 Å². The van der Waals surface area contributed by atoms with E-state index in [2.05, 4.69) is 68.4 Å². The first-order chi connectivity index (χ1) is 14.7. The molecule has 8 nitrogen and oxygen atoms in total. The van der Waals surface area contributed by atoms with Crippen molar-refractivity contribution in [3.63, 3.8) is 0 Å². The average Bonchev–Trinajstić information content (AvgIpc) is 3.40. The second-order valence-corrected chi connectivity index (χ2v) is 7.73. The molecule has 0 aliphatic heterocycles. The molecule has 9 heteroatoms. The summed E-state index contributed by atoms with van der Waals surface area (Å²) in [4.78, 5) is 0. The van der Waals surface area contributed by atoms with Gasteiger partial charge in [-0.2, -0.15) is 0 Å². The van der Waals surface area contributed by atoms with Crippen molar-refractivity contribution in [1.82, 2.24) is 35.0 Å². The van der Waals surface area contributed by atoms with Crippen LogP contribution in [0, 0.1) is 6.92 Å². The van der Waals surface area contributed by atoms with Gasteiger partial charge < -0.3 is 4.74 Å². The largest absolute Gasteiger partial charge is 0.496 e. The van der Waals surface area contributed by atoms with Crippen molar-refractivity contribution in [3.8, 4) is 22.8 Å². The number of hydrogen-bond acceptors (Lipinski definition) is 7. The van der Waals surface area contributed by atoms with Gasteiger partial charge in [-0.3, -0.25) is 4.57 Å². The zero-order valence-electron chi connectivity index (χ0n) is 17.2. The number of aryl methyl sites for hydroxylation is 2. The van der Waals surface area contributed by atoms with Crippen LogP contribution in [-0.4, -0.2) is 42.1 Å². The summed E-state index contributed by atoms with van der Waals surface area (Å²) in [6, 6.07) is 16.1. The lowest BCUT2D eigenvalue weighted by atomic mass is 10.1. The van der Waals surface area contributed by atoms with Crippen molar-refractivity contribution in [2.45, 2.75) is 37.7 Å². The molecule has 4 rings (SSSR count). The zero-order valence-corrected chi connectivity index (χ0v) is 18.0. The van der Waals surface area contributed by atoms with Crippen LogP contribution < -0.4 is 4.74 Å². The number of rotatable bonds is 8. The molecule has 0 atom stereocenters. The molecule has 4 aromatic rings. The fourth-order valence-electron chi connectivity index (χ4n) is 3.14. The van der Waals surface area contributed by atoms with E-state index in [1.807, 2.05) is 28.9 Å². The van der Waals surface area contributed by atoms with E-state index in [0.717, 1.165) is 46.8 Å². The highest BCUT2D eigenvalue weighted by atomic mass is 32.2. The van der Waals surface area contributed by atoms with Crippen molar-refractivity contribution < 1.29 is 4.74 Å². The Kier molecular flexibility index (Phi) is 6.08. The summed E-state index contributed by atoms with van der Waals surface area (Å²) in [6.07, 6.45) is 0.972. The van der Waals surface area contributed by atoms with Gasteiger partial charge in [0.15, 0.2) is 16.8 Å².